The summed E-state index contributed by atoms with van der Waals surface area (Å²) in [5.41, 5.74) is 3.42. The number of benzene rings is 2. The van der Waals surface area contributed by atoms with Gasteiger partial charge in [0.05, 0.1) is 11.4 Å². The Morgan fingerprint density at radius 1 is 1.03 bits per heavy atom. The zero-order valence-electron chi connectivity index (χ0n) is 16.5. The molecule has 29 heavy (non-hydrogen) atoms. The lowest BCUT2D eigenvalue weighted by atomic mass is 10.1. The molecule has 0 aliphatic heterocycles. The number of hydrogen-bond acceptors (Lipinski definition) is 5. The first kappa shape index (κ1) is 22.5. The van der Waals surface area contributed by atoms with Gasteiger partial charge in [0.15, 0.2) is 0 Å². The fraction of sp³-hybridized carbons (Fsp3) is 0.300. The number of sulfonamides is 1. The highest BCUT2D eigenvalue weighted by atomic mass is 32.2. The minimum Gasteiger partial charge on any atom is -0.322 e. The van der Waals surface area contributed by atoms with Crippen LogP contribution in [0.2, 0.25) is 0 Å². The standard InChI is InChI=1S/C20H25N3O5S/c1-14(2)12-23(13-19(24)22-26)29(27,28)18-10-8-17(9-11-18)21-20(25)16-6-4-15(3)5-7-16/h4-11,14,26H,12-13H2,1-3H3,(H,21,25)(H,22,24). The van der Waals surface area contributed by atoms with Gasteiger partial charge in [-0.3, -0.25) is 14.8 Å². The van der Waals surface area contributed by atoms with Crippen molar-refractivity contribution in [2.75, 3.05) is 18.4 Å². The molecule has 0 heterocycles. The number of anilines is 1. The van der Waals surface area contributed by atoms with Crippen LogP contribution in [0.4, 0.5) is 5.69 Å². The Labute approximate surface area is 170 Å². The zero-order valence-corrected chi connectivity index (χ0v) is 17.4. The number of carbonyl (C=O) groups is 2. The van der Waals surface area contributed by atoms with Gasteiger partial charge in [-0.15, -0.1) is 0 Å². The predicted molar refractivity (Wildman–Crippen MR) is 109 cm³/mol. The van der Waals surface area contributed by atoms with E-state index in [1.54, 1.807) is 12.1 Å². The molecule has 0 bridgehead atoms. The molecule has 0 unspecified atom stereocenters. The van der Waals surface area contributed by atoms with Gasteiger partial charge in [0, 0.05) is 17.8 Å². The third-order valence-corrected chi connectivity index (χ3v) is 5.90. The number of amides is 2. The average molecular weight is 420 g/mol. The van der Waals surface area contributed by atoms with E-state index in [-0.39, 0.29) is 23.3 Å². The summed E-state index contributed by atoms with van der Waals surface area (Å²) < 4.78 is 26.8. The highest BCUT2D eigenvalue weighted by molar-refractivity contribution is 7.89. The van der Waals surface area contributed by atoms with Crippen LogP contribution in [-0.4, -0.2) is 42.8 Å². The second-order valence-corrected chi connectivity index (χ2v) is 9.01. The monoisotopic (exact) mass is 419 g/mol. The molecule has 0 atom stereocenters. The molecule has 156 valence electrons. The molecule has 0 fully saturated rings. The molecule has 2 amide bonds. The molecule has 0 aliphatic rings. The first-order valence-corrected chi connectivity index (χ1v) is 10.5. The van der Waals surface area contributed by atoms with Crippen LogP contribution in [0.15, 0.2) is 53.4 Å². The van der Waals surface area contributed by atoms with E-state index in [0.29, 0.717) is 11.3 Å². The van der Waals surface area contributed by atoms with Gasteiger partial charge in [-0.05, 0) is 49.2 Å². The summed E-state index contributed by atoms with van der Waals surface area (Å²) in [5.74, 6) is -1.15. The SMILES string of the molecule is Cc1ccc(C(=O)Nc2ccc(S(=O)(=O)N(CC(=O)NO)CC(C)C)cc2)cc1. The molecule has 0 aliphatic carbocycles. The van der Waals surface area contributed by atoms with Crippen LogP contribution in [0.25, 0.3) is 0 Å². The Hall–Kier alpha value is -2.75. The molecule has 0 radical (unpaired) electrons. The van der Waals surface area contributed by atoms with Crippen molar-refractivity contribution in [2.45, 2.75) is 25.7 Å². The van der Waals surface area contributed by atoms with Crippen molar-refractivity contribution in [1.82, 2.24) is 9.79 Å². The van der Waals surface area contributed by atoms with E-state index in [1.165, 1.54) is 29.7 Å². The van der Waals surface area contributed by atoms with Crippen LogP contribution in [0.5, 0.6) is 0 Å². The van der Waals surface area contributed by atoms with E-state index in [2.05, 4.69) is 5.32 Å². The van der Waals surface area contributed by atoms with Crippen LogP contribution in [0.3, 0.4) is 0 Å². The molecular weight excluding hydrogens is 394 g/mol. The van der Waals surface area contributed by atoms with Crippen molar-refractivity contribution >= 4 is 27.5 Å². The topological polar surface area (TPSA) is 116 Å². The number of hydroxylamine groups is 1. The summed E-state index contributed by atoms with van der Waals surface area (Å²) in [6.07, 6.45) is 0. The normalized spacial score (nSPS) is 11.5. The molecule has 2 aromatic carbocycles. The Bertz CT molecular complexity index is 955. The second-order valence-electron chi connectivity index (χ2n) is 7.07. The maximum absolute atomic E-state index is 12.9. The summed E-state index contributed by atoms with van der Waals surface area (Å²) in [6, 6.07) is 12.8. The number of aryl methyl sites for hydroxylation is 1. The summed E-state index contributed by atoms with van der Waals surface area (Å²) in [5, 5.41) is 11.4. The summed E-state index contributed by atoms with van der Waals surface area (Å²) in [6.45, 7) is 5.18. The Morgan fingerprint density at radius 2 is 1.62 bits per heavy atom. The highest BCUT2D eigenvalue weighted by Gasteiger charge is 2.27. The smallest absolute Gasteiger partial charge is 0.258 e. The summed E-state index contributed by atoms with van der Waals surface area (Å²) >= 11 is 0. The summed E-state index contributed by atoms with van der Waals surface area (Å²) in [7, 11) is -3.95. The van der Waals surface area contributed by atoms with E-state index in [1.807, 2.05) is 32.9 Å². The second kappa shape index (κ2) is 9.64. The van der Waals surface area contributed by atoms with Gasteiger partial charge in [0.1, 0.15) is 0 Å². The van der Waals surface area contributed by atoms with Crippen molar-refractivity contribution in [3.05, 3.63) is 59.7 Å². The van der Waals surface area contributed by atoms with Gasteiger partial charge in [0.2, 0.25) is 10.0 Å². The highest BCUT2D eigenvalue weighted by Crippen LogP contribution is 2.20. The predicted octanol–water partition coefficient (Wildman–Crippen LogP) is 2.40. The van der Waals surface area contributed by atoms with Gasteiger partial charge in [-0.2, -0.15) is 4.31 Å². The van der Waals surface area contributed by atoms with Crippen LogP contribution in [0, 0.1) is 12.8 Å². The molecule has 2 aromatic rings. The van der Waals surface area contributed by atoms with Gasteiger partial charge >= 0.3 is 0 Å². The van der Waals surface area contributed by atoms with E-state index in [4.69, 9.17) is 5.21 Å². The average Bonchev–Trinajstić information content (AvgIpc) is 2.67. The molecule has 0 spiro atoms. The van der Waals surface area contributed by atoms with Crippen molar-refractivity contribution < 1.29 is 23.2 Å². The maximum atomic E-state index is 12.9. The van der Waals surface area contributed by atoms with Gasteiger partial charge in [0.25, 0.3) is 11.8 Å². The van der Waals surface area contributed by atoms with E-state index >= 15 is 0 Å². The van der Waals surface area contributed by atoms with Crippen LogP contribution in [-0.2, 0) is 14.8 Å². The Kier molecular flexibility index (Phi) is 7.49. The quantitative estimate of drug-likeness (QED) is 0.449. The Balaban J connectivity index is 2.18. The van der Waals surface area contributed by atoms with E-state index in [0.717, 1.165) is 9.87 Å². The molecule has 9 heteroatoms. The van der Waals surface area contributed by atoms with Crippen molar-refractivity contribution in [3.63, 3.8) is 0 Å². The number of rotatable bonds is 8. The van der Waals surface area contributed by atoms with Crippen LogP contribution >= 0.6 is 0 Å². The molecule has 0 saturated carbocycles. The van der Waals surface area contributed by atoms with Gasteiger partial charge in [-0.1, -0.05) is 31.5 Å². The molecular formula is C20H25N3O5S. The fourth-order valence-corrected chi connectivity index (χ4v) is 4.18. The number of nitrogens with zero attached hydrogens (tertiary/aromatic N) is 1. The third-order valence-electron chi connectivity index (χ3n) is 4.08. The van der Waals surface area contributed by atoms with Crippen molar-refractivity contribution in [1.29, 1.82) is 0 Å². The van der Waals surface area contributed by atoms with E-state index in [9.17, 15) is 18.0 Å². The molecule has 0 saturated heterocycles. The summed E-state index contributed by atoms with van der Waals surface area (Å²) in [4.78, 5) is 23.8. The lowest BCUT2D eigenvalue weighted by Crippen LogP contribution is -2.41. The first-order chi connectivity index (χ1) is 13.6. The van der Waals surface area contributed by atoms with Crippen LogP contribution in [0.1, 0.15) is 29.8 Å². The maximum Gasteiger partial charge on any atom is 0.258 e. The van der Waals surface area contributed by atoms with E-state index < -0.39 is 22.5 Å². The Morgan fingerprint density at radius 3 is 2.14 bits per heavy atom. The number of carbonyl (C=O) groups excluding carboxylic acids is 2. The first-order valence-electron chi connectivity index (χ1n) is 9.04. The molecule has 3 N–H and O–H groups in total. The third kappa shape index (κ3) is 6.11. The van der Waals surface area contributed by atoms with Crippen molar-refractivity contribution in [2.24, 2.45) is 5.92 Å². The largest absolute Gasteiger partial charge is 0.322 e. The molecule has 0 aromatic heterocycles. The van der Waals surface area contributed by atoms with Crippen LogP contribution < -0.4 is 10.8 Å². The number of hydrogen-bond donors (Lipinski definition) is 3. The van der Waals surface area contributed by atoms with Gasteiger partial charge in [-0.25, -0.2) is 13.9 Å². The van der Waals surface area contributed by atoms with Crippen molar-refractivity contribution in [3.8, 4) is 0 Å². The zero-order chi connectivity index (χ0) is 21.6. The minimum atomic E-state index is -3.95. The molecule has 2 rings (SSSR count). The number of nitrogens with one attached hydrogen (secondary N) is 2. The lowest BCUT2D eigenvalue weighted by molar-refractivity contribution is -0.129. The lowest BCUT2D eigenvalue weighted by Gasteiger charge is -2.23. The minimum absolute atomic E-state index is 0.0165. The molecule has 8 nitrogen and oxygen atoms in total. The fourth-order valence-electron chi connectivity index (χ4n) is 2.62. The van der Waals surface area contributed by atoms with Gasteiger partial charge < -0.3 is 5.32 Å².